The molecular formula is C29H32Cl2FN3O4S. The van der Waals surface area contributed by atoms with Gasteiger partial charge in [-0.05, 0) is 56.2 Å². The van der Waals surface area contributed by atoms with Crippen molar-refractivity contribution in [3.8, 4) is 0 Å². The van der Waals surface area contributed by atoms with Crippen LogP contribution >= 0.6 is 23.2 Å². The summed E-state index contributed by atoms with van der Waals surface area (Å²) in [6.07, 6.45) is 1.10. The molecule has 0 saturated carbocycles. The fraction of sp³-hybridized carbons (Fsp3) is 0.310. The fourth-order valence-corrected chi connectivity index (χ4v) is 5.28. The topological polar surface area (TPSA) is 86.8 Å². The number of sulfonamides is 1. The van der Waals surface area contributed by atoms with Crippen LogP contribution in [0.2, 0.25) is 10.0 Å². The van der Waals surface area contributed by atoms with Crippen LogP contribution in [0.15, 0.2) is 72.8 Å². The zero-order chi connectivity index (χ0) is 29.7. The summed E-state index contributed by atoms with van der Waals surface area (Å²) < 4.78 is 40.3. The summed E-state index contributed by atoms with van der Waals surface area (Å²) in [6.45, 7) is 4.77. The largest absolute Gasteiger partial charge is 0.350 e. The molecule has 0 aliphatic heterocycles. The Morgan fingerprint density at radius 2 is 1.57 bits per heavy atom. The lowest BCUT2D eigenvalue weighted by Crippen LogP contribution is -2.56. The van der Waals surface area contributed by atoms with Gasteiger partial charge in [-0.25, -0.2) is 12.8 Å². The highest BCUT2D eigenvalue weighted by Crippen LogP contribution is 2.26. The summed E-state index contributed by atoms with van der Waals surface area (Å²) in [6, 6.07) is 18.5. The zero-order valence-corrected chi connectivity index (χ0v) is 25.0. The van der Waals surface area contributed by atoms with Crippen LogP contribution in [-0.4, -0.2) is 49.5 Å². The Morgan fingerprint density at radius 1 is 0.950 bits per heavy atom. The van der Waals surface area contributed by atoms with Gasteiger partial charge in [0.05, 0.1) is 17.0 Å². The highest BCUT2D eigenvalue weighted by Gasteiger charge is 2.34. The number of anilines is 1. The monoisotopic (exact) mass is 607 g/mol. The van der Waals surface area contributed by atoms with E-state index in [-0.39, 0.29) is 23.7 Å². The number of hydrogen-bond acceptors (Lipinski definition) is 4. The Morgan fingerprint density at radius 3 is 2.15 bits per heavy atom. The minimum Gasteiger partial charge on any atom is -0.350 e. The minimum absolute atomic E-state index is 0.0127. The second-order valence-corrected chi connectivity index (χ2v) is 13.1. The van der Waals surface area contributed by atoms with Crippen LogP contribution in [0.3, 0.4) is 0 Å². The van der Waals surface area contributed by atoms with Crippen LogP contribution in [0.25, 0.3) is 0 Å². The van der Waals surface area contributed by atoms with Gasteiger partial charge in [-0.3, -0.25) is 13.9 Å². The zero-order valence-electron chi connectivity index (χ0n) is 22.7. The molecule has 11 heteroatoms. The Kier molecular flexibility index (Phi) is 10.2. The molecular weight excluding hydrogens is 576 g/mol. The third kappa shape index (κ3) is 8.68. The fourth-order valence-electron chi connectivity index (χ4n) is 4.07. The first-order valence-electron chi connectivity index (χ1n) is 12.5. The number of nitrogens with one attached hydrogen (secondary N) is 1. The summed E-state index contributed by atoms with van der Waals surface area (Å²) in [5.74, 6) is -1.80. The number of hydrogen-bond donors (Lipinski definition) is 1. The van der Waals surface area contributed by atoms with Gasteiger partial charge >= 0.3 is 0 Å². The van der Waals surface area contributed by atoms with Crippen molar-refractivity contribution in [3.05, 3.63) is 99.8 Å². The summed E-state index contributed by atoms with van der Waals surface area (Å²) in [5, 5.41) is 3.04. The standard InChI is InChI=1S/C29H32Cl2FN3O4S/c1-29(2,3)33-28(37)26(16-20-10-6-5-7-11-20)34(18-21-12-8-9-13-23(21)30)27(36)19-35(40(4,38)39)22-14-15-25(32)24(31)17-22/h5-15,17,26H,16,18-19H2,1-4H3,(H,33,37)/t26-/m1/s1. The molecule has 0 aromatic heterocycles. The van der Waals surface area contributed by atoms with E-state index in [0.717, 1.165) is 28.3 Å². The molecule has 3 aromatic carbocycles. The van der Waals surface area contributed by atoms with E-state index in [1.54, 1.807) is 24.3 Å². The number of rotatable bonds is 10. The first-order chi connectivity index (χ1) is 18.7. The van der Waals surface area contributed by atoms with Crippen LogP contribution in [-0.2, 0) is 32.6 Å². The molecule has 0 unspecified atom stereocenters. The molecule has 40 heavy (non-hydrogen) atoms. The van der Waals surface area contributed by atoms with Crippen molar-refractivity contribution in [1.82, 2.24) is 10.2 Å². The Balaban J connectivity index is 2.10. The highest BCUT2D eigenvalue weighted by molar-refractivity contribution is 7.92. The molecule has 0 saturated heterocycles. The van der Waals surface area contributed by atoms with Crippen molar-refractivity contribution in [2.75, 3.05) is 17.1 Å². The van der Waals surface area contributed by atoms with Crippen LogP contribution in [0.5, 0.6) is 0 Å². The second-order valence-electron chi connectivity index (χ2n) is 10.4. The number of nitrogens with zero attached hydrogens (tertiary/aromatic N) is 2. The molecule has 1 N–H and O–H groups in total. The predicted molar refractivity (Wildman–Crippen MR) is 157 cm³/mol. The maximum Gasteiger partial charge on any atom is 0.244 e. The van der Waals surface area contributed by atoms with E-state index >= 15 is 0 Å². The molecule has 214 valence electrons. The summed E-state index contributed by atoms with van der Waals surface area (Å²) in [4.78, 5) is 29.1. The first kappa shape index (κ1) is 31.4. The molecule has 0 heterocycles. The molecule has 3 rings (SSSR count). The maximum absolute atomic E-state index is 14.0. The maximum atomic E-state index is 14.0. The van der Waals surface area contributed by atoms with E-state index in [1.165, 1.54) is 11.0 Å². The number of amides is 2. The van der Waals surface area contributed by atoms with E-state index in [2.05, 4.69) is 5.32 Å². The number of carbonyl (C=O) groups is 2. The molecule has 0 fully saturated rings. The summed E-state index contributed by atoms with van der Waals surface area (Å²) >= 11 is 12.4. The molecule has 3 aromatic rings. The molecule has 0 bridgehead atoms. The Hall–Kier alpha value is -3.14. The molecule has 0 radical (unpaired) electrons. The van der Waals surface area contributed by atoms with Gasteiger partial charge in [-0.15, -0.1) is 0 Å². The van der Waals surface area contributed by atoms with Crippen molar-refractivity contribution in [2.45, 2.75) is 45.3 Å². The van der Waals surface area contributed by atoms with Crippen molar-refractivity contribution in [2.24, 2.45) is 0 Å². The smallest absolute Gasteiger partial charge is 0.244 e. The third-order valence-electron chi connectivity index (χ3n) is 5.94. The van der Waals surface area contributed by atoms with E-state index in [0.29, 0.717) is 10.6 Å². The Labute approximate surface area is 244 Å². The van der Waals surface area contributed by atoms with Gasteiger partial charge in [0.1, 0.15) is 18.4 Å². The Bertz CT molecular complexity index is 1460. The van der Waals surface area contributed by atoms with Gasteiger partial charge in [-0.2, -0.15) is 0 Å². The molecule has 0 spiro atoms. The SMILES string of the molecule is CC(C)(C)NC(=O)[C@@H](Cc1ccccc1)N(Cc1ccccc1Cl)C(=O)CN(c1ccc(F)c(Cl)c1)S(C)(=O)=O. The lowest BCUT2D eigenvalue weighted by atomic mass is 10.0. The minimum atomic E-state index is -4.01. The molecule has 1 atom stereocenters. The van der Waals surface area contributed by atoms with Gasteiger partial charge < -0.3 is 10.2 Å². The van der Waals surface area contributed by atoms with E-state index in [9.17, 15) is 22.4 Å². The van der Waals surface area contributed by atoms with Crippen LogP contribution in [0.4, 0.5) is 10.1 Å². The quantitative estimate of drug-likeness (QED) is 0.332. The predicted octanol–water partition coefficient (Wildman–Crippen LogP) is 5.45. The molecule has 7 nitrogen and oxygen atoms in total. The summed E-state index contributed by atoms with van der Waals surface area (Å²) in [5.41, 5.74) is 0.793. The number of carbonyl (C=O) groups excluding carboxylic acids is 2. The summed E-state index contributed by atoms with van der Waals surface area (Å²) in [7, 11) is -4.01. The van der Waals surface area contributed by atoms with Gasteiger partial charge in [0.25, 0.3) is 0 Å². The second kappa shape index (κ2) is 13.0. The van der Waals surface area contributed by atoms with Gasteiger partial charge in [-0.1, -0.05) is 71.7 Å². The van der Waals surface area contributed by atoms with Gasteiger partial charge in [0.15, 0.2) is 0 Å². The normalized spacial score (nSPS) is 12.5. The van der Waals surface area contributed by atoms with E-state index < -0.39 is 45.8 Å². The van der Waals surface area contributed by atoms with Gasteiger partial charge in [0.2, 0.25) is 21.8 Å². The van der Waals surface area contributed by atoms with Crippen molar-refractivity contribution in [3.63, 3.8) is 0 Å². The van der Waals surface area contributed by atoms with Crippen LogP contribution < -0.4 is 9.62 Å². The van der Waals surface area contributed by atoms with Gasteiger partial charge in [0, 0.05) is 23.5 Å². The van der Waals surface area contributed by atoms with E-state index in [4.69, 9.17) is 23.2 Å². The lowest BCUT2D eigenvalue weighted by Gasteiger charge is -2.35. The third-order valence-corrected chi connectivity index (χ3v) is 7.74. The lowest BCUT2D eigenvalue weighted by molar-refractivity contribution is -0.140. The highest BCUT2D eigenvalue weighted by atomic mass is 35.5. The van der Waals surface area contributed by atoms with Crippen molar-refractivity contribution < 1.29 is 22.4 Å². The molecule has 2 amide bonds. The van der Waals surface area contributed by atoms with Crippen molar-refractivity contribution in [1.29, 1.82) is 0 Å². The number of benzene rings is 3. The van der Waals surface area contributed by atoms with Crippen LogP contribution in [0.1, 0.15) is 31.9 Å². The van der Waals surface area contributed by atoms with Crippen LogP contribution in [0, 0.1) is 5.82 Å². The van der Waals surface area contributed by atoms with Crippen molar-refractivity contribution >= 4 is 50.7 Å². The molecule has 0 aliphatic rings. The molecule has 0 aliphatic carbocycles. The average Bonchev–Trinajstić information content (AvgIpc) is 2.86. The average molecular weight is 609 g/mol. The van der Waals surface area contributed by atoms with E-state index in [1.807, 2.05) is 51.1 Å². The first-order valence-corrected chi connectivity index (χ1v) is 15.1. The number of halogens is 3.